The van der Waals surface area contributed by atoms with Crippen LogP contribution < -0.4 is 5.32 Å². The summed E-state index contributed by atoms with van der Waals surface area (Å²) in [6.07, 6.45) is 0. The van der Waals surface area contributed by atoms with Crippen LogP contribution in [0.4, 0.5) is 4.39 Å². The first-order valence-corrected chi connectivity index (χ1v) is 9.70. The van der Waals surface area contributed by atoms with E-state index in [1.54, 1.807) is 23.9 Å². The zero-order valence-corrected chi connectivity index (χ0v) is 16.1. The maximum Gasteiger partial charge on any atom is 0.254 e. The van der Waals surface area contributed by atoms with Gasteiger partial charge in [0, 0.05) is 12.3 Å². The molecular weight excluding hydrogens is 363 g/mol. The van der Waals surface area contributed by atoms with Gasteiger partial charge in [-0.2, -0.15) is 0 Å². The molecule has 0 radical (unpaired) electrons. The van der Waals surface area contributed by atoms with Crippen molar-refractivity contribution in [3.8, 4) is 0 Å². The van der Waals surface area contributed by atoms with Crippen LogP contribution in [0.15, 0.2) is 53.7 Å². The molecule has 140 valence electrons. The lowest BCUT2D eigenvalue weighted by Gasteiger charge is -2.09. The highest BCUT2D eigenvalue weighted by Gasteiger charge is 2.15. The lowest BCUT2D eigenvalue weighted by molar-refractivity contribution is 0.0945. The van der Waals surface area contributed by atoms with E-state index in [0.29, 0.717) is 12.4 Å². The Morgan fingerprint density at radius 2 is 1.89 bits per heavy atom. The first-order valence-electron chi connectivity index (χ1n) is 8.71. The highest BCUT2D eigenvalue weighted by atomic mass is 32.2. The second-order valence-electron chi connectivity index (χ2n) is 6.08. The van der Waals surface area contributed by atoms with Gasteiger partial charge in [0.2, 0.25) is 0 Å². The molecule has 0 aliphatic carbocycles. The van der Waals surface area contributed by atoms with Gasteiger partial charge in [-0.15, -0.1) is 10.2 Å². The fourth-order valence-corrected chi connectivity index (χ4v) is 3.58. The summed E-state index contributed by atoms with van der Waals surface area (Å²) in [7, 11) is 0. The Labute approximate surface area is 162 Å². The van der Waals surface area contributed by atoms with Gasteiger partial charge in [0.25, 0.3) is 5.91 Å². The summed E-state index contributed by atoms with van der Waals surface area (Å²) in [6, 6.07) is 14.3. The van der Waals surface area contributed by atoms with Crippen molar-refractivity contribution in [2.75, 3.05) is 0 Å². The van der Waals surface area contributed by atoms with Gasteiger partial charge < -0.3 is 9.88 Å². The summed E-state index contributed by atoms with van der Waals surface area (Å²) in [6.45, 7) is 4.95. The topological polar surface area (TPSA) is 59.8 Å². The number of hydrogen-bond acceptors (Lipinski definition) is 4. The van der Waals surface area contributed by atoms with E-state index in [1.165, 1.54) is 23.3 Å². The molecule has 1 aromatic heterocycles. The van der Waals surface area contributed by atoms with Crippen molar-refractivity contribution in [2.24, 2.45) is 0 Å². The van der Waals surface area contributed by atoms with Crippen molar-refractivity contribution < 1.29 is 9.18 Å². The van der Waals surface area contributed by atoms with Crippen LogP contribution in [0.25, 0.3) is 0 Å². The number of thioether (sulfide) groups is 1. The van der Waals surface area contributed by atoms with Crippen molar-refractivity contribution in [3.05, 3.63) is 76.9 Å². The van der Waals surface area contributed by atoms with Crippen LogP contribution in [0.2, 0.25) is 0 Å². The van der Waals surface area contributed by atoms with Crippen molar-refractivity contribution in [1.29, 1.82) is 0 Å². The molecule has 0 bridgehead atoms. The van der Waals surface area contributed by atoms with E-state index in [2.05, 4.69) is 46.7 Å². The van der Waals surface area contributed by atoms with Crippen molar-refractivity contribution in [3.63, 3.8) is 0 Å². The van der Waals surface area contributed by atoms with Gasteiger partial charge in [-0.3, -0.25) is 4.79 Å². The minimum atomic E-state index is -0.540. The minimum Gasteiger partial charge on any atom is -0.345 e. The molecule has 0 unspecified atom stereocenters. The lowest BCUT2D eigenvalue weighted by atomic mass is 10.2. The summed E-state index contributed by atoms with van der Waals surface area (Å²) in [4.78, 5) is 12.2. The van der Waals surface area contributed by atoms with Gasteiger partial charge in [0.05, 0.1) is 12.1 Å². The van der Waals surface area contributed by atoms with Gasteiger partial charge in [0.15, 0.2) is 11.0 Å². The Bertz CT molecular complexity index is 924. The Morgan fingerprint density at radius 1 is 1.15 bits per heavy atom. The van der Waals surface area contributed by atoms with Gasteiger partial charge in [-0.05, 0) is 31.5 Å². The third kappa shape index (κ3) is 4.74. The van der Waals surface area contributed by atoms with E-state index in [0.717, 1.165) is 10.9 Å². The highest BCUT2D eigenvalue weighted by Crippen LogP contribution is 2.22. The molecule has 3 aromatic rings. The number of halogens is 1. The number of carbonyl (C=O) groups is 1. The third-order valence-corrected chi connectivity index (χ3v) is 5.16. The van der Waals surface area contributed by atoms with Crippen LogP contribution in [0.1, 0.15) is 34.2 Å². The first-order chi connectivity index (χ1) is 13.1. The first kappa shape index (κ1) is 19.1. The van der Waals surface area contributed by atoms with E-state index in [1.807, 2.05) is 11.5 Å². The smallest absolute Gasteiger partial charge is 0.254 e. The van der Waals surface area contributed by atoms with Gasteiger partial charge in [-0.25, -0.2) is 4.39 Å². The number of aryl methyl sites for hydroxylation is 1. The summed E-state index contributed by atoms with van der Waals surface area (Å²) < 4.78 is 15.7. The van der Waals surface area contributed by atoms with Gasteiger partial charge in [0.1, 0.15) is 5.82 Å². The molecule has 0 atom stereocenters. The molecule has 5 nitrogen and oxygen atoms in total. The summed E-state index contributed by atoms with van der Waals surface area (Å²) in [5.41, 5.74) is 2.47. The predicted molar refractivity (Wildman–Crippen MR) is 104 cm³/mol. The molecule has 1 N–H and O–H groups in total. The SMILES string of the molecule is CCn1c(CNC(=O)c2ccccc2F)nnc1SCc1ccc(C)cc1. The van der Waals surface area contributed by atoms with Crippen LogP contribution in [0.5, 0.6) is 0 Å². The van der Waals surface area contributed by atoms with Gasteiger partial charge >= 0.3 is 0 Å². The Hall–Kier alpha value is -2.67. The number of benzene rings is 2. The number of aromatic nitrogens is 3. The summed E-state index contributed by atoms with van der Waals surface area (Å²) in [5.74, 6) is 0.433. The van der Waals surface area contributed by atoms with Crippen molar-refractivity contribution >= 4 is 17.7 Å². The highest BCUT2D eigenvalue weighted by molar-refractivity contribution is 7.98. The molecule has 7 heteroatoms. The quantitative estimate of drug-likeness (QED) is 0.626. The fraction of sp³-hybridized carbons (Fsp3) is 0.250. The molecule has 3 rings (SSSR count). The Kier molecular flexibility index (Phi) is 6.24. The molecule has 0 aliphatic rings. The number of nitrogens with one attached hydrogen (secondary N) is 1. The van der Waals surface area contributed by atoms with Crippen molar-refractivity contribution in [2.45, 2.75) is 37.8 Å². The average Bonchev–Trinajstić information content (AvgIpc) is 3.08. The monoisotopic (exact) mass is 384 g/mol. The molecule has 1 amide bonds. The molecule has 0 aliphatic heterocycles. The van der Waals surface area contributed by atoms with E-state index in [-0.39, 0.29) is 12.1 Å². The fourth-order valence-electron chi connectivity index (χ4n) is 2.61. The van der Waals surface area contributed by atoms with Crippen LogP contribution >= 0.6 is 11.8 Å². The molecular formula is C20H21FN4OS. The summed E-state index contributed by atoms with van der Waals surface area (Å²) in [5, 5.41) is 11.9. The number of rotatable bonds is 7. The van der Waals surface area contributed by atoms with E-state index < -0.39 is 11.7 Å². The minimum absolute atomic E-state index is 0.0223. The second kappa shape index (κ2) is 8.81. The lowest BCUT2D eigenvalue weighted by Crippen LogP contribution is -2.25. The maximum atomic E-state index is 13.7. The molecule has 0 spiro atoms. The Morgan fingerprint density at radius 3 is 2.59 bits per heavy atom. The number of carbonyl (C=O) groups excluding carboxylic acids is 1. The van der Waals surface area contributed by atoms with Crippen LogP contribution in [-0.2, 0) is 18.8 Å². The number of amides is 1. The number of nitrogens with zero attached hydrogens (tertiary/aromatic N) is 3. The van der Waals surface area contributed by atoms with Gasteiger partial charge in [-0.1, -0.05) is 53.7 Å². The molecule has 0 saturated heterocycles. The standard InChI is InChI=1S/C20H21FN4OS/c1-3-25-18(12-22-19(26)16-6-4-5-7-17(16)21)23-24-20(25)27-13-15-10-8-14(2)9-11-15/h4-11H,3,12-13H2,1-2H3,(H,22,26). The van der Waals surface area contributed by atoms with E-state index in [9.17, 15) is 9.18 Å². The predicted octanol–water partition coefficient (Wildman–Crippen LogP) is 3.97. The molecule has 2 aromatic carbocycles. The third-order valence-electron chi connectivity index (χ3n) is 4.12. The molecule has 0 fully saturated rings. The normalized spacial score (nSPS) is 10.8. The van der Waals surface area contributed by atoms with Crippen molar-refractivity contribution in [1.82, 2.24) is 20.1 Å². The maximum absolute atomic E-state index is 13.7. The van der Waals surface area contributed by atoms with Crippen LogP contribution in [0.3, 0.4) is 0 Å². The van der Waals surface area contributed by atoms with Crippen LogP contribution in [0, 0.1) is 12.7 Å². The molecule has 1 heterocycles. The van der Waals surface area contributed by atoms with E-state index in [4.69, 9.17) is 0 Å². The average molecular weight is 384 g/mol. The number of hydrogen-bond donors (Lipinski definition) is 1. The van der Waals surface area contributed by atoms with Crippen LogP contribution in [-0.4, -0.2) is 20.7 Å². The zero-order chi connectivity index (χ0) is 19.2. The molecule has 27 heavy (non-hydrogen) atoms. The zero-order valence-electron chi connectivity index (χ0n) is 15.3. The second-order valence-corrected chi connectivity index (χ2v) is 7.02. The summed E-state index contributed by atoms with van der Waals surface area (Å²) >= 11 is 1.60. The molecule has 0 saturated carbocycles. The van der Waals surface area contributed by atoms with E-state index >= 15 is 0 Å². The Balaban J connectivity index is 1.64. The largest absolute Gasteiger partial charge is 0.345 e.